The minimum atomic E-state index is -4.07. The van der Waals surface area contributed by atoms with E-state index in [0.717, 1.165) is 11.1 Å². The Balaban J connectivity index is 1.76. The van der Waals surface area contributed by atoms with Crippen molar-refractivity contribution in [2.75, 3.05) is 6.61 Å². The van der Waals surface area contributed by atoms with Gasteiger partial charge in [0.15, 0.2) is 0 Å². The van der Waals surface area contributed by atoms with Crippen LogP contribution < -0.4 is 10.9 Å². The highest BCUT2D eigenvalue weighted by Gasteiger charge is 2.36. The van der Waals surface area contributed by atoms with Gasteiger partial charge in [-0.15, -0.1) is 0 Å². The molecule has 2 heterocycles. The van der Waals surface area contributed by atoms with Crippen LogP contribution in [0.1, 0.15) is 24.5 Å². The average Bonchev–Trinajstić information content (AvgIpc) is 2.79. The molecule has 0 saturated carbocycles. The first kappa shape index (κ1) is 22.8. The monoisotopic (exact) mass is 468 g/mol. The second-order valence-electron chi connectivity index (χ2n) is 7.75. The first-order chi connectivity index (χ1) is 15.9. The highest BCUT2D eigenvalue weighted by atomic mass is 32.2. The van der Waals surface area contributed by atoms with E-state index >= 15 is 0 Å². The zero-order valence-corrected chi connectivity index (χ0v) is 18.8. The molecule has 3 aromatic rings. The summed E-state index contributed by atoms with van der Waals surface area (Å²) in [6.07, 6.45) is 1.35. The maximum atomic E-state index is 14.0. The fourth-order valence-electron chi connectivity index (χ4n) is 3.81. The molecule has 2 aromatic carbocycles. The second-order valence-corrected chi connectivity index (χ2v) is 9.61. The Bertz CT molecular complexity index is 1290. The summed E-state index contributed by atoms with van der Waals surface area (Å²) in [5, 5.41) is 0.697. The summed E-state index contributed by atoms with van der Waals surface area (Å²) in [5.74, 6) is -0.957. The molecule has 0 radical (unpaired) electrons. The van der Waals surface area contributed by atoms with E-state index in [9.17, 15) is 18.0 Å². The van der Waals surface area contributed by atoms with Crippen LogP contribution in [0.5, 0.6) is 0 Å². The molecule has 1 aliphatic rings. The molecular weight excluding hydrogens is 444 g/mol. The molecule has 0 saturated heterocycles. The number of carbonyl (C=O) groups excluding carboxylic acids is 2. The highest BCUT2D eigenvalue weighted by molar-refractivity contribution is 7.89. The van der Waals surface area contributed by atoms with Crippen molar-refractivity contribution in [1.29, 1.82) is 0 Å². The standard InChI is InChI=1S/C23H24N4O5S/c1-16(28)25-26-22(29)12-20-15-32-14-19-7-3-2-6-18(19)13-27(20)33(30,31)21-10-4-8-17-9-5-11-24-23(17)21/h2-11,20H,12-15H2,1H3,(H,25,28)(H,26,29). The van der Waals surface area contributed by atoms with Crippen LogP contribution in [-0.4, -0.2) is 42.2 Å². The maximum absolute atomic E-state index is 14.0. The van der Waals surface area contributed by atoms with Crippen LogP contribution in [0.2, 0.25) is 0 Å². The molecule has 2 amide bonds. The van der Waals surface area contributed by atoms with Gasteiger partial charge in [-0.1, -0.05) is 42.5 Å². The fourth-order valence-corrected chi connectivity index (χ4v) is 5.57. The number of hydrogen-bond donors (Lipinski definition) is 2. The van der Waals surface area contributed by atoms with Crippen molar-refractivity contribution in [1.82, 2.24) is 20.1 Å². The molecular formula is C23H24N4O5S. The van der Waals surface area contributed by atoms with Crippen LogP contribution in [-0.2, 0) is 37.5 Å². The molecule has 9 nitrogen and oxygen atoms in total. The zero-order valence-electron chi connectivity index (χ0n) is 18.0. The number of pyridine rings is 1. The number of hydrogen-bond acceptors (Lipinski definition) is 6. The first-order valence-corrected chi connectivity index (χ1v) is 11.9. The van der Waals surface area contributed by atoms with Crippen molar-refractivity contribution >= 4 is 32.7 Å². The summed E-state index contributed by atoms with van der Waals surface area (Å²) >= 11 is 0. The number of sulfonamides is 1. The smallest absolute Gasteiger partial charge is 0.245 e. The van der Waals surface area contributed by atoms with Gasteiger partial charge < -0.3 is 4.74 Å². The Morgan fingerprint density at radius 1 is 1.06 bits per heavy atom. The van der Waals surface area contributed by atoms with Crippen molar-refractivity contribution in [2.45, 2.75) is 37.4 Å². The Morgan fingerprint density at radius 2 is 1.82 bits per heavy atom. The van der Waals surface area contributed by atoms with E-state index in [4.69, 9.17) is 4.74 Å². The minimum absolute atomic E-state index is 0.0131. The number of para-hydroxylation sites is 1. The van der Waals surface area contributed by atoms with Crippen LogP contribution in [0.25, 0.3) is 10.9 Å². The molecule has 1 atom stereocenters. The Morgan fingerprint density at radius 3 is 2.61 bits per heavy atom. The molecule has 1 aromatic heterocycles. The van der Waals surface area contributed by atoms with Crippen LogP contribution in [0.4, 0.5) is 0 Å². The molecule has 4 rings (SSSR count). The number of nitrogens with zero attached hydrogens (tertiary/aromatic N) is 2. The third-order valence-electron chi connectivity index (χ3n) is 5.40. The zero-order chi connectivity index (χ0) is 23.4. The third kappa shape index (κ3) is 5.03. The van der Waals surface area contributed by atoms with Gasteiger partial charge in [0.2, 0.25) is 21.8 Å². The number of carbonyl (C=O) groups is 2. The molecule has 10 heteroatoms. The van der Waals surface area contributed by atoms with Crippen LogP contribution in [0.15, 0.2) is 65.7 Å². The summed E-state index contributed by atoms with van der Waals surface area (Å²) in [5.41, 5.74) is 6.56. The summed E-state index contributed by atoms with van der Waals surface area (Å²) in [6, 6.07) is 15.2. The van der Waals surface area contributed by atoms with E-state index in [-0.39, 0.29) is 24.5 Å². The molecule has 0 fully saturated rings. The van der Waals surface area contributed by atoms with Gasteiger partial charge >= 0.3 is 0 Å². The van der Waals surface area contributed by atoms with E-state index in [1.165, 1.54) is 17.3 Å². The molecule has 2 N–H and O–H groups in total. The topological polar surface area (TPSA) is 118 Å². The molecule has 0 bridgehead atoms. The van der Waals surface area contributed by atoms with Crippen LogP contribution in [0, 0.1) is 0 Å². The Labute approximate surface area is 191 Å². The van der Waals surface area contributed by atoms with Gasteiger partial charge in [0.25, 0.3) is 0 Å². The van der Waals surface area contributed by atoms with Crippen LogP contribution in [0.3, 0.4) is 0 Å². The third-order valence-corrected chi connectivity index (χ3v) is 7.33. The molecule has 33 heavy (non-hydrogen) atoms. The average molecular weight is 469 g/mol. The summed E-state index contributed by atoms with van der Waals surface area (Å²) in [4.78, 5) is 28.0. The molecule has 1 unspecified atom stereocenters. The van der Waals surface area contributed by atoms with E-state index in [0.29, 0.717) is 17.5 Å². The van der Waals surface area contributed by atoms with Gasteiger partial charge in [-0.2, -0.15) is 4.31 Å². The molecule has 0 spiro atoms. The van der Waals surface area contributed by atoms with E-state index in [2.05, 4.69) is 15.8 Å². The Kier molecular flexibility index (Phi) is 6.68. The molecule has 0 aliphatic carbocycles. The molecule has 172 valence electrons. The van der Waals surface area contributed by atoms with E-state index < -0.39 is 27.9 Å². The van der Waals surface area contributed by atoms with Gasteiger partial charge in [-0.25, -0.2) is 8.42 Å². The SMILES string of the molecule is CC(=O)NNC(=O)CC1COCc2ccccc2CN1S(=O)(=O)c1cccc2cccnc12. The van der Waals surface area contributed by atoms with Gasteiger partial charge in [-0.05, 0) is 23.3 Å². The summed E-state index contributed by atoms with van der Waals surface area (Å²) < 4.78 is 35.0. The van der Waals surface area contributed by atoms with Crippen molar-refractivity contribution in [3.63, 3.8) is 0 Å². The lowest BCUT2D eigenvalue weighted by molar-refractivity contribution is -0.128. The van der Waals surface area contributed by atoms with Crippen molar-refractivity contribution in [2.24, 2.45) is 0 Å². The predicted molar refractivity (Wildman–Crippen MR) is 121 cm³/mol. The van der Waals surface area contributed by atoms with Crippen LogP contribution >= 0.6 is 0 Å². The lowest BCUT2D eigenvalue weighted by Crippen LogP contribution is -2.48. The number of amides is 2. The van der Waals surface area contributed by atoms with Gasteiger partial charge in [0, 0.05) is 31.5 Å². The minimum Gasteiger partial charge on any atom is -0.375 e. The lowest BCUT2D eigenvalue weighted by Gasteiger charge is -2.33. The number of fused-ring (bicyclic) bond motifs is 2. The quantitative estimate of drug-likeness (QED) is 0.565. The number of nitrogens with one attached hydrogen (secondary N) is 2. The van der Waals surface area contributed by atoms with Gasteiger partial charge in [-0.3, -0.25) is 25.4 Å². The second kappa shape index (κ2) is 9.65. The number of hydrazine groups is 1. The lowest BCUT2D eigenvalue weighted by atomic mass is 10.1. The summed E-state index contributed by atoms with van der Waals surface area (Å²) in [6.45, 7) is 1.66. The van der Waals surface area contributed by atoms with Gasteiger partial charge in [0.1, 0.15) is 4.90 Å². The normalized spacial score (nSPS) is 16.9. The maximum Gasteiger partial charge on any atom is 0.245 e. The van der Waals surface area contributed by atoms with Crippen molar-refractivity contribution in [3.05, 3.63) is 71.9 Å². The van der Waals surface area contributed by atoms with E-state index in [1.807, 2.05) is 24.3 Å². The number of benzene rings is 2. The number of rotatable bonds is 4. The molecule has 1 aliphatic heterocycles. The highest BCUT2D eigenvalue weighted by Crippen LogP contribution is 2.29. The van der Waals surface area contributed by atoms with Crippen molar-refractivity contribution < 1.29 is 22.7 Å². The van der Waals surface area contributed by atoms with E-state index in [1.54, 1.807) is 30.5 Å². The first-order valence-electron chi connectivity index (χ1n) is 10.4. The largest absolute Gasteiger partial charge is 0.375 e. The number of aromatic nitrogens is 1. The van der Waals surface area contributed by atoms with Crippen molar-refractivity contribution in [3.8, 4) is 0 Å². The fraction of sp³-hybridized carbons (Fsp3) is 0.261. The van der Waals surface area contributed by atoms with Gasteiger partial charge in [0.05, 0.1) is 24.8 Å². The Hall–Kier alpha value is -3.34. The summed E-state index contributed by atoms with van der Waals surface area (Å²) in [7, 11) is -4.07. The predicted octanol–water partition coefficient (Wildman–Crippen LogP) is 1.88. The number of ether oxygens (including phenoxy) is 1.